The number of halogens is 1. The number of rotatable bonds is 5. The lowest BCUT2D eigenvalue weighted by atomic mass is 9.89. The Labute approximate surface area is 107 Å². The SMILES string of the molecule is CCn1nc(C)c(Br)c1CC(N)(CC)CC. The summed E-state index contributed by atoms with van der Waals surface area (Å²) in [6.07, 6.45) is 2.86. The van der Waals surface area contributed by atoms with Crippen molar-refractivity contribution in [1.29, 1.82) is 0 Å². The molecule has 0 aromatic carbocycles. The molecule has 0 saturated heterocycles. The van der Waals surface area contributed by atoms with E-state index in [-0.39, 0.29) is 5.54 Å². The van der Waals surface area contributed by atoms with Gasteiger partial charge in [0.1, 0.15) is 0 Å². The van der Waals surface area contributed by atoms with E-state index in [9.17, 15) is 0 Å². The van der Waals surface area contributed by atoms with E-state index in [2.05, 4.69) is 41.8 Å². The Kier molecular flexibility index (Phi) is 4.56. The summed E-state index contributed by atoms with van der Waals surface area (Å²) in [6, 6.07) is 0. The zero-order chi connectivity index (χ0) is 12.3. The van der Waals surface area contributed by atoms with Crippen molar-refractivity contribution in [3.8, 4) is 0 Å². The van der Waals surface area contributed by atoms with Gasteiger partial charge in [-0.15, -0.1) is 0 Å². The third-order valence-electron chi connectivity index (χ3n) is 3.38. The number of aryl methyl sites for hydroxylation is 2. The molecule has 0 atom stereocenters. The van der Waals surface area contributed by atoms with Crippen molar-refractivity contribution in [3.63, 3.8) is 0 Å². The van der Waals surface area contributed by atoms with E-state index in [0.717, 1.165) is 36.0 Å². The number of nitrogens with two attached hydrogens (primary N) is 1. The van der Waals surface area contributed by atoms with Crippen LogP contribution in [0.3, 0.4) is 0 Å². The van der Waals surface area contributed by atoms with Crippen LogP contribution < -0.4 is 5.73 Å². The molecule has 2 N–H and O–H groups in total. The molecule has 1 heterocycles. The average Bonchev–Trinajstić information content (AvgIpc) is 2.56. The fraction of sp³-hybridized carbons (Fsp3) is 0.750. The summed E-state index contributed by atoms with van der Waals surface area (Å²) in [4.78, 5) is 0. The molecule has 1 rings (SSSR count). The molecular weight excluding hydrogens is 266 g/mol. The molecule has 1 aromatic heterocycles. The molecule has 92 valence electrons. The molecule has 0 amide bonds. The van der Waals surface area contributed by atoms with Gasteiger partial charge in [-0.3, -0.25) is 4.68 Å². The van der Waals surface area contributed by atoms with Crippen molar-refractivity contribution < 1.29 is 0 Å². The van der Waals surface area contributed by atoms with E-state index < -0.39 is 0 Å². The number of nitrogens with zero attached hydrogens (tertiary/aromatic N) is 2. The van der Waals surface area contributed by atoms with Crippen molar-refractivity contribution in [2.24, 2.45) is 5.73 Å². The molecule has 0 saturated carbocycles. The van der Waals surface area contributed by atoms with Gasteiger partial charge in [-0.2, -0.15) is 5.10 Å². The van der Waals surface area contributed by atoms with Gasteiger partial charge in [-0.1, -0.05) is 13.8 Å². The summed E-state index contributed by atoms with van der Waals surface area (Å²) < 4.78 is 3.16. The largest absolute Gasteiger partial charge is 0.325 e. The summed E-state index contributed by atoms with van der Waals surface area (Å²) in [7, 11) is 0. The summed E-state index contributed by atoms with van der Waals surface area (Å²) in [5.41, 5.74) is 8.53. The lowest BCUT2D eigenvalue weighted by Gasteiger charge is -2.27. The average molecular weight is 288 g/mol. The molecule has 4 heteroatoms. The molecule has 0 radical (unpaired) electrons. The molecule has 0 aliphatic heterocycles. The summed E-state index contributed by atoms with van der Waals surface area (Å²) >= 11 is 3.61. The standard InChI is InChI=1S/C12H22BrN3/c1-5-12(14,6-2)8-10-11(13)9(4)15-16(10)7-3/h5-8,14H2,1-4H3. The first-order chi connectivity index (χ1) is 7.47. The Hall–Kier alpha value is -0.350. The molecular formula is C12H22BrN3. The van der Waals surface area contributed by atoms with E-state index in [4.69, 9.17) is 5.73 Å². The van der Waals surface area contributed by atoms with Crippen molar-refractivity contribution >= 4 is 15.9 Å². The number of hydrogen-bond acceptors (Lipinski definition) is 2. The van der Waals surface area contributed by atoms with E-state index in [0.29, 0.717) is 0 Å². The highest BCUT2D eigenvalue weighted by Gasteiger charge is 2.25. The van der Waals surface area contributed by atoms with E-state index >= 15 is 0 Å². The van der Waals surface area contributed by atoms with Gasteiger partial charge in [0.15, 0.2) is 0 Å². The normalized spacial score (nSPS) is 12.1. The molecule has 16 heavy (non-hydrogen) atoms. The molecule has 0 unspecified atom stereocenters. The molecule has 0 aliphatic carbocycles. The smallest absolute Gasteiger partial charge is 0.0738 e. The predicted molar refractivity (Wildman–Crippen MR) is 71.5 cm³/mol. The van der Waals surface area contributed by atoms with E-state index in [1.165, 1.54) is 5.69 Å². The topological polar surface area (TPSA) is 43.8 Å². The van der Waals surface area contributed by atoms with Crippen LogP contribution in [0.25, 0.3) is 0 Å². The number of hydrogen-bond donors (Lipinski definition) is 1. The zero-order valence-corrected chi connectivity index (χ0v) is 12.3. The fourth-order valence-electron chi connectivity index (χ4n) is 1.87. The second-order valence-corrected chi connectivity index (χ2v) is 5.20. The Morgan fingerprint density at radius 2 is 1.88 bits per heavy atom. The van der Waals surface area contributed by atoms with Crippen LogP contribution in [-0.4, -0.2) is 15.3 Å². The maximum atomic E-state index is 6.37. The minimum absolute atomic E-state index is 0.109. The minimum Gasteiger partial charge on any atom is -0.325 e. The molecule has 1 aromatic rings. The second-order valence-electron chi connectivity index (χ2n) is 4.41. The van der Waals surface area contributed by atoms with E-state index in [1.54, 1.807) is 0 Å². The molecule has 0 aliphatic rings. The summed E-state index contributed by atoms with van der Waals surface area (Å²) in [5, 5.41) is 4.50. The van der Waals surface area contributed by atoms with Crippen molar-refractivity contribution in [2.45, 2.75) is 59.0 Å². The Morgan fingerprint density at radius 3 is 2.31 bits per heavy atom. The third-order valence-corrected chi connectivity index (χ3v) is 4.41. The van der Waals surface area contributed by atoms with Gasteiger partial charge in [0.05, 0.1) is 15.9 Å². The van der Waals surface area contributed by atoms with Gasteiger partial charge < -0.3 is 5.73 Å². The van der Waals surface area contributed by atoms with Gasteiger partial charge in [-0.25, -0.2) is 0 Å². The Balaban J connectivity index is 3.04. The van der Waals surface area contributed by atoms with Gasteiger partial charge in [0.25, 0.3) is 0 Å². The first kappa shape index (κ1) is 13.7. The fourth-order valence-corrected chi connectivity index (χ4v) is 2.30. The van der Waals surface area contributed by atoms with Gasteiger partial charge in [0.2, 0.25) is 0 Å². The van der Waals surface area contributed by atoms with Crippen LogP contribution in [0.2, 0.25) is 0 Å². The first-order valence-electron chi connectivity index (χ1n) is 5.98. The third kappa shape index (κ3) is 2.66. The molecule has 0 spiro atoms. The van der Waals surface area contributed by atoms with Crippen LogP contribution in [-0.2, 0) is 13.0 Å². The van der Waals surface area contributed by atoms with Crippen molar-refractivity contribution in [3.05, 3.63) is 15.9 Å². The maximum absolute atomic E-state index is 6.37. The minimum atomic E-state index is -0.109. The Bertz CT molecular complexity index is 353. The highest BCUT2D eigenvalue weighted by molar-refractivity contribution is 9.10. The highest BCUT2D eigenvalue weighted by atomic mass is 79.9. The zero-order valence-electron chi connectivity index (χ0n) is 10.7. The van der Waals surface area contributed by atoms with Crippen molar-refractivity contribution in [1.82, 2.24) is 9.78 Å². The van der Waals surface area contributed by atoms with Gasteiger partial charge >= 0.3 is 0 Å². The van der Waals surface area contributed by atoms with Gasteiger partial charge in [0, 0.05) is 18.5 Å². The first-order valence-corrected chi connectivity index (χ1v) is 6.77. The molecule has 0 bridgehead atoms. The molecule has 3 nitrogen and oxygen atoms in total. The summed E-state index contributed by atoms with van der Waals surface area (Å²) in [5.74, 6) is 0. The van der Waals surface area contributed by atoms with Crippen LogP contribution in [0, 0.1) is 6.92 Å². The lowest BCUT2D eigenvalue weighted by Crippen LogP contribution is -2.41. The van der Waals surface area contributed by atoms with Crippen LogP contribution in [0.4, 0.5) is 0 Å². The second kappa shape index (κ2) is 5.32. The maximum Gasteiger partial charge on any atom is 0.0738 e. The monoisotopic (exact) mass is 287 g/mol. The lowest BCUT2D eigenvalue weighted by molar-refractivity contribution is 0.380. The van der Waals surface area contributed by atoms with Crippen molar-refractivity contribution in [2.75, 3.05) is 0 Å². The van der Waals surface area contributed by atoms with Crippen LogP contribution >= 0.6 is 15.9 Å². The van der Waals surface area contributed by atoms with Crippen LogP contribution in [0.5, 0.6) is 0 Å². The van der Waals surface area contributed by atoms with Crippen LogP contribution in [0.15, 0.2) is 4.47 Å². The predicted octanol–water partition coefficient (Wildman–Crippen LogP) is 3.03. The number of aromatic nitrogens is 2. The van der Waals surface area contributed by atoms with Crippen LogP contribution in [0.1, 0.15) is 45.0 Å². The van der Waals surface area contributed by atoms with E-state index in [1.807, 2.05) is 11.6 Å². The quantitative estimate of drug-likeness (QED) is 0.905. The summed E-state index contributed by atoms with van der Waals surface area (Å²) in [6.45, 7) is 9.33. The van der Waals surface area contributed by atoms with Gasteiger partial charge in [-0.05, 0) is 42.6 Å². The molecule has 0 fully saturated rings. The Morgan fingerprint density at radius 1 is 1.31 bits per heavy atom. The highest BCUT2D eigenvalue weighted by Crippen LogP contribution is 2.26.